The zero-order chi connectivity index (χ0) is 21.2. The molecule has 0 bridgehead atoms. The first-order valence-corrected chi connectivity index (χ1v) is 10.8. The van der Waals surface area contributed by atoms with Crippen molar-refractivity contribution in [1.29, 1.82) is 0 Å². The summed E-state index contributed by atoms with van der Waals surface area (Å²) < 4.78 is 6.71. The molecule has 0 saturated heterocycles. The predicted molar refractivity (Wildman–Crippen MR) is 122 cm³/mol. The highest BCUT2D eigenvalue weighted by atomic mass is 79.9. The first kappa shape index (κ1) is 22.9. The van der Waals surface area contributed by atoms with Gasteiger partial charge in [0.1, 0.15) is 5.75 Å². The lowest BCUT2D eigenvalue weighted by molar-refractivity contribution is -0.118. The molecule has 5 nitrogen and oxygen atoms in total. The molecule has 0 radical (unpaired) electrons. The summed E-state index contributed by atoms with van der Waals surface area (Å²) in [4.78, 5) is 24.3. The number of amides is 2. The van der Waals surface area contributed by atoms with Crippen molar-refractivity contribution in [3.63, 3.8) is 0 Å². The van der Waals surface area contributed by atoms with Crippen LogP contribution in [0.2, 0.25) is 0 Å². The molecule has 0 spiro atoms. The molecule has 0 aliphatic heterocycles. The number of hydrogen-bond donors (Lipinski definition) is 2. The van der Waals surface area contributed by atoms with Crippen molar-refractivity contribution in [2.24, 2.45) is 0 Å². The second-order valence-electron chi connectivity index (χ2n) is 7.26. The summed E-state index contributed by atoms with van der Waals surface area (Å²) in [5.41, 5.74) is 2.32. The van der Waals surface area contributed by atoms with Crippen molar-refractivity contribution >= 4 is 39.1 Å². The molecule has 0 aliphatic carbocycles. The fraction of sp³-hybridized carbons (Fsp3) is 0.391. The molecule has 2 rings (SSSR count). The lowest BCUT2D eigenvalue weighted by atomic mass is 10.0. The average Bonchev–Trinajstić information content (AvgIpc) is 2.67. The molecule has 0 atom stereocenters. The number of anilines is 2. The standard InChI is InChI=1S/C23H29BrN2O3/c1-4-5-6-10-22(27)25-18-8-7-9-19(14-18)26-23(28)15-29-21-12-11-17(24)13-20(21)16(2)3/h7-9,11-14,16H,4-6,10,15H2,1-3H3,(H,25,27)(H,26,28). The van der Waals surface area contributed by atoms with Crippen molar-refractivity contribution in [1.82, 2.24) is 0 Å². The molecule has 2 N–H and O–H groups in total. The van der Waals surface area contributed by atoms with Gasteiger partial charge < -0.3 is 15.4 Å². The van der Waals surface area contributed by atoms with Gasteiger partial charge in [-0.15, -0.1) is 0 Å². The molecule has 0 heterocycles. The Morgan fingerprint density at radius 3 is 2.34 bits per heavy atom. The minimum absolute atomic E-state index is 0.0123. The topological polar surface area (TPSA) is 67.4 Å². The highest BCUT2D eigenvalue weighted by molar-refractivity contribution is 9.10. The molecule has 2 aromatic rings. The number of hydrogen-bond acceptors (Lipinski definition) is 3. The number of nitrogens with one attached hydrogen (secondary N) is 2. The Labute approximate surface area is 181 Å². The molecule has 0 aliphatic rings. The summed E-state index contributed by atoms with van der Waals surface area (Å²) in [7, 11) is 0. The lowest BCUT2D eigenvalue weighted by Gasteiger charge is -2.14. The molecule has 0 aromatic heterocycles. The molecular formula is C23H29BrN2O3. The molecule has 0 unspecified atom stereocenters. The van der Waals surface area contributed by atoms with Crippen LogP contribution in [0, 0.1) is 0 Å². The minimum Gasteiger partial charge on any atom is -0.483 e. The van der Waals surface area contributed by atoms with Gasteiger partial charge in [0.2, 0.25) is 5.91 Å². The van der Waals surface area contributed by atoms with Gasteiger partial charge >= 0.3 is 0 Å². The van der Waals surface area contributed by atoms with Crippen LogP contribution in [0.4, 0.5) is 11.4 Å². The van der Waals surface area contributed by atoms with Gasteiger partial charge in [0.05, 0.1) is 0 Å². The first-order valence-electron chi connectivity index (χ1n) is 10.0. The maximum absolute atomic E-state index is 12.3. The van der Waals surface area contributed by atoms with E-state index in [0.29, 0.717) is 23.5 Å². The minimum atomic E-state index is -0.256. The van der Waals surface area contributed by atoms with Crippen LogP contribution in [0.25, 0.3) is 0 Å². The van der Waals surface area contributed by atoms with Gasteiger partial charge in [-0.3, -0.25) is 9.59 Å². The van der Waals surface area contributed by atoms with Crippen molar-refractivity contribution in [2.45, 2.75) is 52.4 Å². The van der Waals surface area contributed by atoms with Gasteiger partial charge in [-0.05, 0) is 54.3 Å². The van der Waals surface area contributed by atoms with Gasteiger partial charge in [-0.1, -0.05) is 55.6 Å². The number of benzene rings is 2. The number of carbonyl (C=O) groups excluding carboxylic acids is 2. The van der Waals surface area contributed by atoms with Crippen LogP contribution in [0.15, 0.2) is 46.9 Å². The van der Waals surface area contributed by atoms with E-state index in [1.165, 1.54) is 0 Å². The summed E-state index contributed by atoms with van der Waals surface area (Å²) in [6.07, 6.45) is 3.50. The summed E-state index contributed by atoms with van der Waals surface area (Å²) in [6.45, 7) is 6.18. The predicted octanol–water partition coefficient (Wildman–Crippen LogP) is 6.11. The van der Waals surface area contributed by atoms with Crippen molar-refractivity contribution in [3.05, 3.63) is 52.5 Å². The number of carbonyl (C=O) groups is 2. The molecule has 2 aromatic carbocycles. The fourth-order valence-electron chi connectivity index (χ4n) is 2.88. The SMILES string of the molecule is CCCCCC(=O)Nc1cccc(NC(=O)COc2ccc(Br)cc2C(C)C)c1. The van der Waals surface area contributed by atoms with Crippen LogP contribution in [0.1, 0.15) is 57.9 Å². The first-order chi connectivity index (χ1) is 13.9. The molecular weight excluding hydrogens is 432 g/mol. The normalized spacial score (nSPS) is 10.7. The molecule has 6 heteroatoms. The van der Waals surface area contributed by atoms with Crippen LogP contribution < -0.4 is 15.4 Å². The third kappa shape index (κ3) is 7.89. The Hall–Kier alpha value is -2.34. The van der Waals surface area contributed by atoms with Gasteiger partial charge in [0, 0.05) is 22.3 Å². The van der Waals surface area contributed by atoms with Crippen LogP contribution in [-0.4, -0.2) is 18.4 Å². The Kier molecular flexibility index (Phi) is 9.19. The Morgan fingerprint density at radius 1 is 1.00 bits per heavy atom. The van der Waals surface area contributed by atoms with Crippen LogP contribution in [0.3, 0.4) is 0 Å². The Bertz CT molecular complexity index is 837. The Balaban J connectivity index is 1.90. The summed E-state index contributed by atoms with van der Waals surface area (Å²) in [5, 5.41) is 5.69. The Morgan fingerprint density at radius 2 is 1.69 bits per heavy atom. The van der Waals surface area contributed by atoms with E-state index in [-0.39, 0.29) is 24.3 Å². The summed E-state index contributed by atoms with van der Waals surface area (Å²) in [5.74, 6) is 0.713. The number of rotatable bonds is 10. The van der Waals surface area contributed by atoms with E-state index < -0.39 is 0 Å². The number of ether oxygens (including phenoxy) is 1. The van der Waals surface area contributed by atoms with Gasteiger partial charge in [-0.2, -0.15) is 0 Å². The monoisotopic (exact) mass is 460 g/mol. The van der Waals surface area contributed by atoms with E-state index in [1.54, 1.807) is 24.3 Å². The summed E-state index contributed by atoms with van der Waals surface area (Å²) >= 11 is 3.47. The quantitative estimate of drug-likeness (QED) is 0.420. The molecule has 0 saturated carbocycles. The van der Waals surface area contributed by atoms with Gasteiger partial charge in [0.25, 0.3) is 5.91 Å². The third-order valence-electron chi connectivity index (χ3n) is 4.39. The van der Waals surface area contributed by atoms with E-state index in [4.69, 9.17) is 4.74 Å². The average molecular weight is 461 g/mol. The van der Waals surface area contributed by atoms with Crippen molar-refractivity contribution < 1.29 is 14.3 Å². The highest BCUT2D eigenvalue weighted by Gasteiger charge is 2.11. The van der Waals surface area contributed by atoms with E-state index in [1.807, 2.05) is 18.2 Å². The van der Waals surface area contributed by atoms with E-state index in [0.717, 1.165) is 29.3 Å². The lowest BCUT2D eigenvalue weighted by Crippen LogP contribution is -2.20. The zero-order valence-electron chi connectivity index (χ0n) is 17.3. The zero-order valence-corrected chi connectivity index (χ0v) is 18.8. The van der Waals surface area contributed by atoms with Crippen molar-refractivity contribution in [3.8, 4) is 5.75 Å². The van der Waals surface area contributed by atoms with Gasteiger partial charge in [-0.25, -0.2) is 0 Å². The second-order valence-corrected chi connectivity index (χ2v) is 8.18. The molecule has 156 valence electrons. The van der Waals surface area contributed by atoms with Crippen LogP contribution >= 0.6 is 15.9 Å². The molecule has 0 fully saturated rings. The van der Waals surface area contributed by atoms with Crippen molar-refractivity contribution in [2.75, 3.05) is 17.2 Å². The van der Waals surface area contributed by atoms with Gasteiger partial charge in [0.15, 0.2) is 6.61 Å². The summed E-state index contributed by atoms with van der Waals surface area (Å²) in [6, 6.07) is 12.9. The maximum Gasteiger partial charge on any atom is 0.262 e. The maximum atomic E-state index is 12.3. The largest absolute Gasteiger partial charge is 0.483 e. The van der Waals surface area contributed by atoms with Crippen LogP contribution in [-0.2, 0) is 9.59 Å². The smallest absolute Gasteiger partial charge is 0.262 e. The van der Waals surface area contributed by atoms with E-state index in [9.17, 15) is 9.59 Å². The number of unbranched alkanes of at least 4 members (excludes halogenated alkanes) is 2. The number of halogens is 1. The molecule has 29 heavy (non-hydrogen) atoms. The second kappa shape index (κ2) is 11.6. The van der Waals surface area contributed by atoms with E-state index >= 15 is 0 Å². The fourth-order valence-corrected chi connectivity index (χ4v) is 3.25. The highest BCUT2D eigenvalue weighted by Crippen LogP contribution is 2.29. The molecule has 2 amide bonds. The van der Waals surface area contributed by atoms with Crippen LogP contribution in [0.5, 0.6) is 5.75 Å². The third-order valence-corrected chi connectivity index (χ3v) is 4.88. The van der Waals surface area contributed by atoms with E-state index in [2.05, 4.69) is 47.3 Å².